The number of rotatable bonds is 9. The Hall–Kier alpha value is -4.51. The van der Waals surface area contributed by atoms with Crippen LogP contribution in [-0.2, 0) is 13.1 Å². The number of primary amides is 1. The molecule has 3 N–H and O–H groups in total. The van der Waals surface area contributed by atoms with Crippen molar-refractivity contribution >= 4 is 60.8 Å². The van der Waals surface area contributed by atoms with Crippen molar-refractivity contribution in [2.45, 2.75) is 33.4 Å². The number of anilines is 1. The smallest absolute Gasteiger partial charge is 0.404 e. The van der Waals surface area contributed by atoms with Gasteiger partial charge in [-0.15, -0.1) is 11.3 Å². The van der Waals surface area contributed by atoms with E-state index in [1.165, 1.54) is 35.3 Å². The fraction of sp³-hybridized carbons (Fsp3) is 0.208. The molecule has 0 aromatic carbocycles. The number of nitro groups is 1. The summed E-state index contributed by atoms with van der Waals surface area (Å²) in [6, 6.07) is 4.07. The van der Waals surface area contributed by atoms with E-state index in [1.54, 1.807) is 11.6 Å². The highest BCUT2D eigenvalue weighted by Gasteiger charge is 2.27. The van der Waals surface area contributed by atoms with E-state index in [1.807, 2.05) is 6.92 Å². The minimum Gasteiger partial charge on any atom is -0.454 e. The number of nitrogens with zero attached hydrogens (tertiary/aromatic N) is 6. The Morgan fingerprint density at radius 1 is 1.32 bits per heavy atom. The second kappa shape index (κ2) is 10.8. The van der Waals surface area contributed by atoms with Crippen molar-refractivity contribution in [3.05, 3.63) is 73.0 Å². The van der Waals surface area contributed by atoms with Crippen LogP contribution < -0.4 is 11.1 Å². The molecule has 0 aliphatic rings. The zero-order valence-electron chi connectivity index (χ0n) is 21.2. The third-order valence-corrected chi connectivity index (χ3v) is 7.79. The Labute approximate surface area is 241 Å². The van der Waals surface area contributed by atoms with Gasteiger partial charge in [0.2, 0.25) is 0 Å². The first-order valence-electron chi connectivity index (χ1n) is 11.8. The summed E-state index contributed by atoms with van der Waals surface area (Å²) in [5, 5.41) is 22.1. The normalized spacial score (nSPS) is 11.5. The van der Waals surface area contributed by atoms with Gasteiger partial charge in [0.15, 0.2) is 5.76 Å². The Morgan fingerprint density at radius 2 is 2.07 bits per heavy atom. The summed E-state index contributed by atoms with van der Waals surface area (Å²) in [4.78, 5) is 40.1. The quantitative estimate of drug-likeness (QED) is 0.160. The van der Waals surface area contributed by atoms with Crippen molar-refractivity contribution in [3.63, 3.8) is 0 Å². The maximum atomic E-state index is 13.8. The maximum Gasteiger partial charge on any atom is 0.404 e. The van der Waals surface area contributed by atoms with Gasteiger partial charge in [0.05, 0.1) is 23.2 Å². The first kappa shape index (κ1) is 28.0. The van der Waals surface area contributed by atoms with Gasteiger partial charge in [-0.3, -0.25) is 14.3 Å². The average Bonchev–Trinajstić information content (AvgIpc) is 3.69. The van der Waals surface area contributed by atoms with Crippen LogP contribution in [0.25, 0.3) is 21.3 Å². The van der Waals surface area contributed by atoms with Crippen LogP contribution in [0.1, 0.15) is 50.7 Å². The van der Waals surface area contributed by atoms with Crippen molar-refractivity contribution in [1.29, 1.82) is 0 Å². The van der Waals surface area contributed by atoms with Crippen LogP contribution in [0.2, 0.25) is 0 Å². The van der Waals surface area contributed by atoms with Gasteiger partial charge in [-0.1, -0.05) is 0 Å². The monoisotopic (exact) mass is 648 g/mol. The van der Waals surface area contributed by atoms with E-state index in [0.29, 0.717) is 23.4 Å². The zero-order chi connectivity index (χ0) is 29.6. The molecule has 13 nitrogen and oxygen atoms in total. The molecule has 17 heteroatoms. The third-order valence-electron chi connectivity index (χ3n) is 6.14. The van der Waals surface area contributed by atoms with Gasteiger partial charge in [0.25, 0.3) is 18.2 Å². The standard InChI is InChI=1S/C24H19BrF2N8O5S/c1-3-34-10(2)13(7-29-34)12-6-15(20(26)27)30-24-17(12)18(19(41-24)21(28)36)31-23(37)16-5-4-11(40-16)8-33-9-14(25)22(32-33)35(38)39/h4-7,9,20H,3,8H2,1-2H3,(H2,28,36)(H,31,37). The number of furan rings is 1. The molecule has 41 heavy (non-hydrogen) atoms. The molecule has 212 valence electrons. The lowest BCUT2D eigenvalue weighted by molar-refractivity contribution is -0.390. The van der Waals surface area contributed by atoms with E-state index in [9.17, 15) is 28.5 Å². The van der Waals surface area contributed by atoms with Gasteiger partial charge in [-0.25, -0.2) is 13.8 Å². The van der Waals surface area contributed by atoms with E-state index < -0.39 is 28.9 Å². The Morgan fingerprint density at radius 3 is 2.68 bits per heavy atom. The van der Waals surface area contributed by atoms with Gasteiger partial charge >= 0.3 is 5.82 Å². The van der Waals surface area contributed by atoms with Crippen molar-refractivity contribution in [3.8, 4) is 11.1 Å². The molecule has 0 saturated carbocycles. The van der Waals surface area contributed by atoms with Crippen molar-refractivity contribution in [2.75, 3.05) is 5.32 Å². The molecule has 2 amide bonds. The van der Waals surface area contributed by atoms with E-state index >= 15 is 0 Å². The summed E-state index contributed by atoms with van der Waals surface area (Å²) in [6.45, 7) is 4.17. The minimum atomic E-state index is -2.89. The maximum absolute atomic E-state index is 13.8. The molecule has 5 heterocycles. The average molecular weight is 649 g/mol. The summed E-state index contributed by atoms with van der Waals surface area (Å²) in [6.07, 6.45) is 0.0181. The van der Waals surface area contributed by atoms with Crippen LogP contribution in [0.5, 0.6) is 0 Å². The summed E-state index contributed by atoms with van der Waals surface area (Å²) in [5.74, 6) is -1.91. The number of alkyl halides is 2. The molecule has 5 aromatic rings. The number of pyridine rings is 1. The number of nitrogens with two attached hydrogens (primary N) is 1. The van der Waals surface area contributed by atoms with Crippen LogP contribution in [-0.4, -0.2) is 41.3 Å². The third kappa shape index (κ3) is 5.20. The second-order valence-electron chi connectivity index (χ2n) is 8.68. The highest BCUT2D eigenvalue weighted by Crippen LogP contribution is 2.43. The largest absolute Gasteiger partial charge is 0.454 e. The highest BCUT2D eigenvalue weighted by atomic mass is 79.9. The number of carbonyl (C=O) groups excluding carboxylic acids is 2. The second-order valence-corrected chi connectivity index (χ2v) is 10.5. The van der Waals surface area contributed by atoms with Crippen LogP contribution in [0, 0.1) is 17.0 Å². The van der Waals surface area contributed by atoms with Gasteiger partial charge in [-0.2, -0.15) is 9.78 Å². The molecule has 0 atom stereocenters. The van der Waals surface area contributed by atoms with Crippen molar-refractivity contribution in [1.82, 2.24) is 24.5 Å². The topological polar surface area (TPSA) is 177 Å². The fourth-order valence-electron chi connectivity index (χ4n) is 4.28. The van der Waals surface area contributed by atoms with Gasteiger partial charge in [0.1, 0.15) is 32.2 Å². The van der Waals surface area contributed by atoms with Gasteiger partial charge in [-0.05, 0) is 58.5 Å². The molecule has 5 rings (SSSR count). The van der Waals surface area contributed by atoms with E-state index in [0.717, 1.165) is 11.3 Å². The Balaban J connectivity index is 1.55. The molecular weight excluding hydrogens is 630 g/mol. The summed E-state index contributed by atoms with van der Waals surface area (Å²) in [5.41, 5.74) is 6.60. The lowest BCUT2D eigenvalue weighted by Gasteiger charge is -2.10. The van der Waals surface area contributed by atoms with Crippen LogP contribution in [0.4, 0.5) is 20.3 Å². The number of thiophene rings is 1. The number of aromatic nitrogens is 5. The number of carbonyl (C=O) groups is 2. The van der Waals surface area contributed by atoms with Crippen LogP contribution in [0.15, 0.2) is 39.5 Å². The first-order valence-corrected chi connectivity index (χ1v) is 13.4. The Kier molecular flexibility index (Phi) is 7.39. The predicted octanol–water partition coefficient (Wildman–Crippen LogP) is 5.29. The zero-order valence-corrected chi connectivity index (χ0v) is 23.6. The lowest BCUT2D eigenvalue weighted by Crippen LogP contribution is -2.16. The van der Waals surface area contributed by atoms with Gasteiger partial charge in [0, 0.05) is 23.2 Å². The fourth-order valence-corrected chi connectivity index (χ4v) is 5.75. The summed E-state index contributed by atoms with van der Waals surface area (Å²) < 4.78 is 36.3. The predicted molar refractivity (Wildman–Crippen MR) is 147 cm³/mol. The van der Waals surface area contributed by atoms with Crippen LogP contribution >= 0.6 is 27.3 Å². The number of hydrogen-bond acceptors (Lipinski definition) is 9. The van der Waals surface area contributed by atoms with E-state index in [-0.39, 0.29) is 49.1 Å². The number of nitrogens with one attached hydrogen (secondary N) is 1. The Bertz CT molecular complexity index is 1840. The molecule has 0 unspecified atom stereocenters. The van der Waals surface area contributed by atoms with Crippen molar-refractivity contribution in [2.24, 2.45) is 5.73 Å². The number of aryl methyl sites for hydroxylation is 1. The number of halogens is 3. The molecule has 0 saturated heterocycles. The number of fused-ring (bicyclic) bond motifs is 1. The SMILES string of the molecule is CCn1ncc(-c2cc(C(F)F)nc3sc(C(N)=O)c(NC(=O)c4ccc(Cn5cc(Br)c([N+](=O)[O-])n5)o4)c23)c1C. The van der Waals surface area contributed by atoms with E-state index in [4.69, 9.17) is 10.2 Å². The molecule has 0 radical (unpaired) electrons. The van der Waals surface area contributed by atoms with E-state index in [2.05, 4.69) is 36.4 Å². The minimum absolute atomic E-state index is 0.000883. The molecule has 0 fully saturated rings. The molecule has 5 aromatic heterocycles. The number of amides is 2. The molecular formula is C24H19BrF2N8O5S. The molecule has 0 spiro atoms. The molecule has 0 aliphatic heterocycles. The number of hydrogen-bond donors (Lipinski definition) is 2. The molecule has 0 bridgehead atoms. The van der Waals surface area contributed by atoms with Crippen molar-refractivity contribution < 1.29 is 27.7 Å². The first-order chi connectivity index (χ1) is 19.5. The molecule has 0 aliphatic carbocycles. The summed E-state index contributed by atoms with van der Waals surface area (Å²) >= 11 is 3.85. The highest BCUT2D eigenvalue weighted by molar-refractivity contribution is 9.10. The lowest BCUT2D eigenvalue weighted by atomic mass is 10.0. The van der Waals surface area contributed by atoms with Crippen LogP contribution in [0.3, 0.4) is 0 Å². The summed E-state index contributed by atoms with van der Waals surface area (Å²) in [7, 11) is 0. The van der Waals surface area contributed by atoms with Gasteiger partial charge < -0.3 is 25.6 Å².